The Balaban J connectivity index is 2.45. The summed E-state index contributed by atoms with van der Waals surface area (Å²) in [5, 5.41) is 29.0. The van der Waals surface area contributed by atoms with E-state index in [-0.39, 0.29) is 6.54 Å². The molecule has 18 heavy (non-hydrogen) atoms. The van der Waals surface area contributed by atoms with E-state index in [4.69, 9.17) is 10.4 Å². The molecule has 0 bridgehead atoms. The highest BCUT2D eigenvalue weighted by molar-refractivity contribution is 5.32. The van der Waals surface area contributed by atoms with E-state index in [9.17, 15) is 13.9 Å². The summed E-state index contributed by atoms with van der Waals surface area (Å²) in [6.45, 7) is -1.98. The van der Waals surface area contributed by atoms with Gasteiger partial charge in [0, 0.05) is 6.54 Å². The van der Waals surface area contributed by atoms with Crippen molar-refractivity contribution < 1.29 is 19.0 Å². The van der Waals surface area contributed by atoms with Crippen LogP contribution >= 0.6 is 0 Å². The zero-order valence-corrected chi connectivity index (χ0v) is 9.61. The van der Waals surface area contributed by atoms with Crippen molar-refractivity contribution in [3.05, 3.63) is 35.4 Å². The van der Waals surface area contributed by atoms with Crippen molar-refractivity contribution >= 4 is 0 Å². The maximum Gasteiger partial charge on any atom is 0.282 e. The molecule has 98 valence electrons. The van der Waals surface area contributed by atoms with E-state index in [1.807, 2.05) is 6.07 Å². The maximum absolute atomic E-state index is 12.7. The fourth-order valence-electron chi connectivity index (χ4n) is 1.35. The molecule has 1 rings (SSSR count). The highest BCUT2D eigenvalue weighted by atomic mass is 19.3. The van der Waals surface area contributed by atoms with Gasteiger partial charge < -0.3 is 15.5 Å². The van der Waals surface area contributed by atoms with E-state index in [2.05, 4.69) is 5.32 Å². The topological polar surface area (TPSA) is 76.3 Å². The Hall–Kier alpha value is -1.55. The van der Waals surface area contributed by atoms with Crippen LogP contribution in [0, 0.1) is 11.3 Å². The molecule has 0 fully saturated rings. The molecule has 6 heteroatoms. The van der Waals surface area contributed by atoms with Crippen molar-refractivity contribution in [1.82, 2.24) is 5.32 Å². The van der Waals surface area contributed by atoms with Crippen LogP contribution in [0.15, 0.2) is 24.3 Å². The lowest BCUT2D eigenvalue weighted by Crippen LogP contribution is -2.37. The van der Waals surface area contributed by atoms with Crippen LogP contribution in [0.2, 0.25) is 0 Å². The summed E-state index contributed by atoms with van der Waals surface area (Å²) in [5.74, 6) is -3.19. The van der Waals surface area contributed by atoms with Crippen LogP contribution in [-0.2, 0) is 0 Å². The average Bonchev–Trinajstić information content (AvgIpc) is 2.38. The fraction of sp³-hybridized carbons (Fsp3) is 0.417. The second-order valence-corrected chi connectivity index (χ2v) is 3.89. The second-order valence-electron chi connectivity index (χ2n) is 3.89. The molecule has 0 heterocycles. The molecule has 3 N–H and O–H groups in total. The van der Waals surface area contributed by atoms with Gasteiger partial charge in [-0.3, -0.25) is 0 Å². The van der Waals surface area contributed by atoms with E-state index >= 15 is 0 Å². The number of hydrogen-bond acceptors (Lipinski definition) is 4. The number of nitriles is 1. The lowest BCUT2D eigenvalue weighted by atomic mass is 10.1. The Morgan fingerprint density at radius 1 is 1.33 bits per heavy atom. The molecule has 0 aromatic heterocycles. The van der Waals surface area contributed by atoms with Crippen LogP contribution in [0.4, 0.5) is 8.78 Å². The molecule has 0 aliphatic carbocycles. The summed E-state index contributed by atoms with van der Waals surface area (Å²) in [6.07, 6.45) is -0.938. The van der Waals surface area contributed by atoms with Crippen LogP contribution in [-0.4, -0.2) is 35.8 Å². The van der Waals surface area contributed by atoms with E-state index in [1.165, 1.54) is 0 Å². The van der Waals surface area contributed by atoms with E-state index in [0.717, 1.165) is 0 Å². The number of rotatable bonds is 6. The highest BCUT2D eigenvalue weighted by Gasteiger charge is 2.27. The number of nitrogens with one attached hydrogen (secondary N) is 1. The molecule has 0 saturated carbocycles. The first-order valence-electron chi connectivity index (χ1n) is 5.36. The van der Waals surface area contributed by atoms with E-state index < -0.39 is 25.2 Å². The summed E-state index contributed by atoms with van der Waals surface area (Å²) in [6, 6.07) is 8.15. The number of alkyl halides is 2. The van der Waals surface area contributed by atoms with Crippen molar-refractivity contribution in [3.63, 3.8) is 0 Å². The first-order chi connectivity index (χ1) is 8.48. The number of benzene rings is 1. The van der Waals surface area contributed by atoms with Crippen LogP contribution < -0.4 is 5.32 Å². The second kappa shape index (κ2) is 6.40. The maximum atomic E-state index is 12.7. The summed E-state index contributed by atoms with van der Waals surface area (Å²) < 4.78 is 25.3. The monoisotopic (exact) mass is 256 g/mol. The van der Waals surface area contributed by atoms with Gasteiger partial charge in [-0.05, 0) is 17.7 Å². The first-order valence-corrected chi connectivity index (χ1v) is 5.36. The Morgan fingerprint density at radius 2 is 1.94 bits per heavy atom. The summed E-state index contributed by atoms with van der Waals surface area (Å²) in [5.41, 5.74) is 1.000. The van der Waals surface area contributed by atoms with Gasteiger partial charge in [-0.25, -0.2) is 8.78 Å². The highest BCUT2D eigenvalue weighted by Crippen LogP contribution is 2.14. The number of aliphatic hydroxyl groups is 2. The Labute approximate surface area is 103 Å². The number of halogens is 2. The van der Waals surface area contributed by atoms with Gasteiger partial charge in [0.15, 0.2) is 0 Å². The number of hydrogen-bond donors (Lipinski definition) is 3. The van der Waals surface area contributed by atoms with Gasteiger partial charge in [0.25, 0.3) is 5.92 Å². The molecule has 0 aliphatic heterocycles. The normalized spacial score (nSPS) is 13.1. The molecular formula is C12H14F2N2O2. The molecule has 1 atom stereocenters. The van der Waals surface area contributed by atoms with Crippen LogP contribution in [0.1, 0.15) is 17.2 Å². The Morgan fingerprint density at radius 3 is 2.44 bits per heavy atom. The third kappa shape index (κ3) is 4.37. The van der Waals surface area contributed by atoms with Gasteiger partial charge in [0.1, 0.15) is 6.61 Å². The zero-order valence-electron chi connectivity index (χ0n) is 9.61. The summed E-state index contributed by atoms with van der Waals surface area (Å²) in [4.78, 5) is 0. The quantitative estimate of drug-likeness (QED) is 0.704. The van der Waals surface area contributed by atoms with Crippen molar-refractivity contribution in [1.29, 1.82) is 5.26 Å². The molecule has 0 saturated heterocycles. The van der Waals surface area contributed by atoms with Crippen molar-refractivity contribution in [3.8, 4) is 6.07 Å². The van der Waals surface area contributed by atoms with E-state index in [0.29, 0.717) is 11.1 Å². The standard InChI is InChI=1S/C12H14F2N2O2/c13-12(14,8-17)7-16-6-11(18)10-3-1-9(5-15)2-4-10/h1-4,11,16-18H,6-8H2. The van der Waals surface area contributed by atoms with Gasteiger partial charge in [0.05, 0.1) is 24.3 Å². The van der Waals surface area contributed by atoms with Gasteiger partial charge in [0.2, 0.25) is 0 Å². The number of aliphatic hydroxyl groups excluding tert-OH is 2. The largest absolute Gasteiger partial charge is 0.390 e. The van der Waals surface area contributed by atoms with Crippen LogP contribution in [0.3, 0.4) is 0 Å². The van der Waals surface area contributed by atoms with Gasteiger partial charge in [-0.2, -0.15) is 5.26 Å². The minimum atomic E-state index is -3.19. The smallest absolute Gasteiger partial charge is 0.282 e. The minimum absolute atomic E-state index is 0.0541. The summed E-state index contributed by atoms with van der Waals surface area (Å²) >= 11 is 0. The van der Waals surface area contributed by atoms with Gasteiger partial charge in [-0.1, -0.05) is 12.1 Å². The predicted octanol–water partition coefficient (Wildman–Crippen LogP) is 0.809. The lowest BCUT2D eigenvalue weighted by molar-refractivity contribution is -0.0488. The van der Waals surface area contributed by atoms with E-state index in [1.54, 1.807) is 24.3 Å². The van der Waals surface area contributed by atoms with Crippen molar-refractivity contribution in [2.24, 2.45) is 0 Å². The molecular weight excluding hydrogens is 242 g/mol. The molecule has 0 radical (unpaired) electrons. The molecule has 0 aliphatic rings. The van der Waals surface area contributed by atoms with Crippen molar-refractivity contribution in [2.75, 3.05) is 19.7 Å². The lowest BCUT2D eigenvalue weighted by Gasteiger charge is -2.16. The van der Waals surface area contributed by atoms with Gasteiger partial charge in [-0.15, -0.1) is 0 Å². The Bertz CT molecular complexity index is 415. The fourth-order valence-corrected chi connectivity index (χ4v) is 1.35. The summed E-state index contributed by atoms with van der Waals surface area (Å²) in [7, 11) is 0. The van der Waals surface area contributed by atoms with Gasteiger partial charge >= 0.3 is 0 Å². The molecule has 0 amide bonds. The van der Waals surface area contributed by atoms with Crippen LogP contribution in [0.25, 0.3) is 0 Å². The van der Waals surface area contributed by atoms with Crippen molar-refractivity contribution in [2.45, 2.75) is 12.0 Å². The number of nitrogens with zero attached hydrogens (tertiary/aromatic N) is 1. The third-order valence-electron chi connectivity index (χ3n) is 2.38. The molecule has 1 aromatic carbocycles. The molecule has 1 unspecified atom stereocenters. The average molecular weight is 256 g/mol. The molecule has 0 spiro atoms. The minimum Gasteiger partial charge on any atom is -0.390 e. The van der Waals surface area contributed by atoms with Crippen LogP contribution in [0.5, 0.6) is 0 Å². The predicted molar refractivity (Wildman–Crippen MR) is 61.0 cm³/mol. The Kier molecular flexibility index (Phi) is 5.16. The third-order valence-corrected chi connectivity index (χ3v) is 2.38. The first kappa shape index (κ1) is 14.5. The molecule has 1 aromatic rings. The molecule has 4 nitrogen and oxygen atoms in total. The SMILES string of the molecule is N#Cc1ccc(C(O)CNCC(F)(F)CO)cc1. The zero-order chi connectivity index (χ0) is 13.6.